The maximum absolute atomic E-state index is 3.55. The van der Waals surface area contributed by atoms with Gasteiger partial charge in [0.1, 0.15) is 0 Å². The van der Waals surface area contributed by atoms with Crippen molar-refractivity contribution in [2.45, 2.75) is 5.33 Å². The summed E-state index contributed by atoms with van der Waals surface area (Å²) in [4.78, 5) is 0. The van der Waals surface area contributed by atoms with Crippen LogP contribution in [0.2, 0.25) is 0 Å². The van der Waals surface area contributed by atoms with Crippen LogP contribution >= 0.6 is 31.9 Å². The Morgan fingerprint density at radius 2 is 1.77 bits per heavy atom. The SMILES string of the molecule is BrCc1c(Br)ccc2ccccc12. The molecule has 0 unspecified atom stereocenters. The number of rotatable bonds is 1. The molecule has 0 N–H and O–H groups in total. The van der Waals surface area contributed by atoms with Crippen LogP contribution in [0.25, 0.3) is 10.8 Å². The lowest BCUT2D eigenvalue weighted by Gasteiger charge is -2.05. The molecule has 0 bridgehead atoms. The van der Waals surface area contributed by atoms with Crippen LogP contribution in [0.15, 0.2) is 40.9 Å². The van der Waals surface area contributed by atoms with E-state index in [0.717, 1.165) is 5.33 Å². The van der Waals surface area contributed by atoms with Gasteiger partial charge in [-0.2, -0.15) is 0 Å². The molecule has 0 fully saturated rings. The topological polar surface area (TPSA) is 0 Å². The van der Waals surface area contributed by atoms with Crippen LogP contribution in [0.5, 0.6) is 0 Å². The average molecular weight is 300 g/mol. The van der Waals surface area contributed by atoms with Crippen molar-refractivity contribution in [2.75, 3.05) is 0 Å². The van der Waals surface area contributed by atoms with Crippen molar-refractivity contribution in [1.29, 1.82) is 0 Å². The Labute approximate surface area is 94.2 Å². The summed E-state index contributed by atoms with van der Waals surface area (Å²) in [5.41, 5.74) is 1.32. The summed E-state index contributed by atoms with van der Waals surface area (Å²) in [5.74, 6) is 0. The minimum atomic E-state index is 0.884. The number of alkyl halides is 1. The highest BCUT2D eigenvalue weighted by Gasteiger charge is 2.02. The highest BCUT2D eigenvalue weighted by Crippen LogP contribution is 2.27. The highest BCUT2D eigenvalue weighted by atomic mass is 79.9. The molecule has 0 heterocycles. The standard InChI is InChI=1S/C11H8Br2/c12-7-10-9-4-2-1-3-8(9)5-6-11(10)13/h1-6H,7H2. The van der Waals surface area contributed by atoms with E-state index < -0.39 is 0 Å². The molecule has 2 rings (SSSR count). The minimum Gasteiger partial charge on any atom is -0.0876 e. The summed E-state index contributed by atoms with van der Waals surface area (Å²) in [6.07, 6.45) is 0. The molecule has 0 spiro atoms. The third-order valence-corrected chi connectivity index (χ3v) is 3.42. The Hall–Kier alpha value is -0.340. The van der Waals surface area contributed by atoms with Crippen molar-refractivity contribution < 1.29 is 0 Å². The summed E-state index contributed by atoms with van der Waals surface area (Å²) in [6.45, 7) is 0. The lowest BCUT2D eigenvalue weighted by Crippen LogP contribution is -1.83. The molecule has 2 heteroatoms. The Bertz CT molecular complexity index is 435. The number of benzene rings is 2. The van der Waals surface area contributed by atoms with E-state index in [1.165, 1.54) is 20.8 Å². The van der Waals surface area contributed by atoms with Crippen molar-refractivity contribution in [3.8, 4) is 0 Å². The van der Waals surface area contributed by atoms with Crippen LogP contribution in [0.4, 0.5) is 0 Å². The van der Waals surface area contributed by atoms with E-state index in [2.05, 4.69) is 68.3 Å². The highest BCUT2D eigenvalue weighted by molar-refractivity contribution is 9.10. The van der Waals surface area contributed by atoms with Crippen LogP contribution in [0.1, 0.15) is 5.56 Å². The van der Waals surface area contributed by atoms with Crippen molar-refractivity contribution >= 4 is 42.6 Å². The smallest absolute Gasteiger partial charge is 0.0300 e. The minimum absolute atomic E-state index is 0.884. The molecule has 0 saturated heterocycles. The van der Waals surface area contributed by atoms with Gasteiger partial charge in [-0.3, -0.25) is 0 Å². The fourth-order valence-corrected chi connectivity index (χ4v) is 2.91. The predicted molar refractivity (Wildman–Crippen MR) is 64.3 cm³/mol. The fraction of sp³-hybridized carbons (Fsp3) is 0.0909. The largest absolute Gasteiger partial charge is 0.0876 e. The molecule has 0 nitrogen and oxygen atoms in total. The van der Waals surface area contributed by atoms with Gasteiger partial charge in [0.05, 0.1) is 0 Å². The van der Waals surface area contributed by atoms with Crippen molar-refractivity contribution in [2.24, 2.45) is 0 Å². The zero-order valence-corrected chi connectivity index (χ0v) is 10.1. The number of hydrogen-bond acceptors (Lipinski definition) is 0. The molecule has 0 aliphatic carbocycles. The van der Waals surface area contributed by atoms with Gasteiger partial charge in [0, 0.05) is 9.80 Å². The molecule has 2 aromatic rings. The van der Waals surface area contributed by atoms with Crippen molar-refractivity contribution in [1.82, 2.24) is 0 Å². The normalized spacial score (nSPS) is 10.6. The Kier molecular flexibility index (Phi) is 2.70. The maximum Gasteiger partial charge on any atom is 0.0300 e. The summed E-state index contributed by atoms with van der Waals surface area (Å²) in [5, 5.41) is 3.49. The summed E-state index contributed by atoms with van der Waals surface area (Å²) >= 11 is 7.05. The summed E-state index contributed by atoms with van der Waals surface area (Å²) in [7, 11) is 0. The van der Waals surface area contributed by atoms with Gasteiger partial charge in [-0.15, -0.1) is 0 Å². The third-order valence-electron chi connectivity index (χ3n) is 2.12. The van der Waals surface area contributed by atoms with E-state index in [1.807, 2.05) is 0 Å². The fourth-order valence-electron chi connectivity index (χ4n) is 1.45. The molecule has 0 radical (unpaired) electrons. The molecule has 13 heavy (non-hydrogen) atoms. The number of halogens is 2. The van der Waals surface area contributed by atoms with E-state index in [9.17, 15) is 0 Å². The van der Waals surface area contributed by atoms with Crippen LogP contribution in [-0.2, 0) is 5.33 Å². The first-order valence-corrected chi connectivity index (χ1v) is 5.96. The summed E-state index contributed by atoms with van der Waals surface area (Å²) < 4.78 is 1.17. The zero-order chi connectivity index (χ0) is 9.26. The Morgan fingerprint density at radius 3 is 2.54 bits per heavy atom. The van der Waals surface area contributed by atoms with E-state index in [1.54, 1.807) is 0 Å². The number of hydrogen-bond donors (Lipinski definition) is 0. The van der Waals surface area contributed by atoms with Gasteiger partial charge in [-0.25, -0.2) is 0 Å². The van der Waals surface area contributed by atoms with Gasteiger partial charge in [0.15, 0.2) is 0 Å². The third kappa shape index (κ3) is 1.65. The quantitative estimate of drug-likeness (QED) is 0.680. The zero-order valence-electron chi connectivity index (χ0n) is 6.93. The second-order valence-electron chi connectivity index (χ2n) is 2.88. The van der Waals surface area contributed by atoms with E-state index in [-0.39, 0.29) is 0 Å². The molecule has 0 amide bonds. The van der Waals surface area contributed by atoms with Crippen LogP contribution < -0.4 is 0 Å². The molecule has 0 aromatic heterocycles. The summed E-state index contributed by atoms with van der Waals surface area (Å²) in [6, 6.07) is 12.6. The first kappa shape index (κ1) is 9.22. The first-order chi connectivity index (χ1) is 6.33. The second-order valence-corrected chi connectivity index (χ2v) is 4.30. The maximum atomic E-state index is 3.55. The van der Waals surface area contributed by atoms with Crippen LogP contribution in [0.3, 0.4) is 0 Å². The Balaban J connectivity index is 2.84. The van der Waals surface area contributed by atoms with Gasteiger partial charge in [0.2, 0.25) is 0 Å². The molecular weight excluding hydrogens is 292 g/mol. The second kappa shape index (κ2) is 3.81. The van der Waals surface area contributed by atoms with Crippen molar-refractivity contribution in [3.05, 3.63) is 46.4 Å². The van der Waals surface area contributed by atoms with Gasteiger partial charge >= 0.3 is 0 Å². The molecular formula is C11H8Br2. The van der Waals surface area contributed by atoms with Crippen molar-refractivity contribution in [3.63, 3.8) is 0 Å². The van der Waals surface area contributed by atoms with Gasteiger partial charge in [-0.1, -0.05) is 62.2 Å². The van der Waals surface area contributed by atoms with Crippen LogP contribution in [0, 0.1) is 0 Å². The van der Waals surface area contributed by atoms with Crippen LogP contribution in [-0.4, -0.2) is 0 Å². The van der Waals surface area contributed by atoms with E-state index >= 15 is 0 Å². The lowest BCUT2D eigenvalue weighted by atomic mass is 10.1. The molecule has 0 atom stereocenters. The molecule has 66 valence electrons. The predicted octanol–water partition coefficient (Wildman–Crippen LogP) is 4.50. The molecule has 0 aliphatic heterocycles. The van der Waals surface area contributed by atoms with E-state index in [4.69, 9.17) is 0 Å². The molecule has 0 aliphatic rings. The lowest BCUT2D eigenvalue weighted by molar-refractivity contribution is 1.45. The van der Waals surface area contributed by atoms with Gasteiger partial charge in [0.25, 0.3) is 0 Å². The Morgan fingerprint density at radius 1 is 1.00 bits per heavy atom. The monoisotopic (exact) mass is 298 g/mol. The average Bonchev–Trinajstić information content (AvgIpc) is 2.18. The first-order valence-electron chi connectivity index (χ1n) is 4.05. The van der Waals surface area contributed by atoms with Gasteiger partial charge < -0.3 is 0 Å². The molecule has 0 saturated carbocycles. The molecule has 2 aromatic carbocycles. The van der Waals surface area contributed by atoms with Gasteiger partial charge in [-0.05, 0) is 22.4 Å². The number of fused-ring (bicyclic) bond motifs is 1. The van der Waals surface area contributed by atoms with E-state index in [0.29, 0.717) is 0 Å².